The summed E-state index contributed by atoms with van der Waals surface area (Å²) in [6.45, 7) is 0.937. The van der Waals surface area contributed by atoms with Gasteiger partial charge in [0.1, 0.15) is 0 Å². The van der Waals surface area contributed by atoms with Crippen molar-refractivity contribution >= 4 is 17.9 Å². The minimum atomic E-state index is -4.41. The second-order valence-electron chi connectivity index (χ2n) is 6.29. The Bertz CT molecular complexity index is 661. The zero-order valence-electron chi connectivity index (χ0n) is 14.2. The molecule has 7 heteroatoms. The molecule has 1 aromatic carbocycles. The third kappa shape index (κ3) is 5.08. The maximum atomic E-state index is 12.7. The number of rotatable bonds is 3. The molecule has 0 saturated carbocycles. The second-order valence-corrected chi connectivity index (χ2v) is 6.29. The van der Waals surface area contributed by atoms with Gasteiger partial charge in [-0.05, 0) is 36.6 Å². The Balaban J connectivity index is 1.95. The molecule has 1 aliphatic heterocycles. The van der Waals surface area contributed by atoms with Crippen molar-refractivity contribution in [2.45, 2.75) is 19.0 Å². The number of nitrogens with zero attached hydrogens (tertiary/aromatic N) is 2. The molecule has 0 radical (unpaired) electrons. The van der Waals surface area contributed by atoms with Crippen LogP contribution < -0.4 is 0 Å². The molecule has 1 fully saturated rings. The van der Waals surface area contributed by atoms with Crippen LogP contribution in [0, 0.1) is 5.92 Å². The summed E-state index contributed by atoms with van der Waals surface area (Å²) in [5.74, 6) is -0.272. The normalized spacial score (nSPS) is 16.3. The van der Waals surface area contributed by atoms with Gasteiger partial charge in [-0.1, -0.05) is 12.1 Å². The molecular weight excluding hydrogens is 333 g/mol. The van der Waals surface area contributed by atoms with E-state index in [-0.39, 0.29) is 17.7 Å². The lowest BCUT2D eigenvalue weighted by Gasteiger charge is -2.31. The van der Waals surface area contributed by atoms with Crippen molar-refractivity contribution in [2.24, 2.45) is 5.92 Å². The summed E-state index contributed by atoms with van der Waals surface area (Å²) >= 11 is 0. The van der Waals surface area contributed by atoms with E-state index in [4.69, 9.17) is 0 Å². The van der Waals surface area contributed by atoms with E-state index in [0.717, 1.165) is 12.1 Å². The predicted octanol–water partition coefficient (Wildman–Crippen LogP) is 3.05. The lowest BCUT2D eigenvalue weighted by Crippen LogP contribution is -2.42. The first-order chi connectivity index (χ1) is 11.7. The van der Waals surface area contributed by atoms with Crippen LogP contribution in [0.2, 0.25) is 0 Å². The van der Waals surface area contributed by atoms with Crippen LogP contribution in [0.4, 0.5) is 13.2 Å². The van der Waals surface area contributed by atoms with Crippen LogP contribution >= 0.6 is 0 Å². The van der Waals surface area contributed by atoms with E-state index >= 15 is 0 Å². The molecule has 0 aliphatic carbocycles. The molecule has 1 aromatic rings. The number of hydrogen-bond donors (Lipinski definition) is 0. The summed E-state index contributed by atoms with van der Waals surface area (Å²) in [6.07, 6.45) is -0.548. The topological polar surface area (TPSA) is 40.6 Å². The van der Waals surface area contributed by atoms with Gasteiger partial charge in [-0.2, -0.15) is 13.2 Å². The van der Waals surface area contributed by atoms with Crippen LogP contribution in [-0.4, -0.2) is 48.8 Å². The Kier molecular flexibility index (Phi) is 5.87. The number of likely N-dealkylation sites (tertiary alicyclic amines) is 1. The maximum Gasteiger partial charge on any atom is 0.416 e. The van der Waals surface area contributed by atoms with E-state index in [9.17, 15) is 22.8 Å². The summed E-state index contributed by atoms with van der Waals surface area (Å²) in [4.78, 5) is 27.3. The van der Waals surface area contributed by atoms with Crippen LogP contribution in [0.25, 0.3) is 6.08 Å². The molecule has 136 valence electrons. The molecule has 4 nitrogen and oxygen atoms in total. The van der Waals surface area contributed by atoms with Crippen LogP contribution in [0.1, 0.15) is 24.0 Å². The van der Waals surface area contributed by atoms with Gasteiger partial charge in [0.2, 0.25) is 11.8 Å². The average Bonchev–Trinajstić information content (AvgIpc) is 2.58. The van der Waals surface area contributed by atoms with Crippen LogP contribution in [0.15, 0.2) is 30.3 Å². The monoisotopic (exact) mass is 354 g/mol. The molecular formula is C18H21F3N2O2. The smallest absolute Gasteiger partial charge is 0.349 e. The van der Waals surface area contributed by atoms with E-state index in [2.05, 4.69) is 0 Å². The van der Waals surface area contributed by atoms with Gasteiger partial charge < -0.3 is 9.80 Å². The molecule has 0 aromatic heterocycles. The summed E-state index contributed by atoms with van der Waals surface area (Å²) in [5.41, 5.74) is -0.425. The SMILES string of the molecule is CN(C)C(=O)C1CCN(C(=O)C=Cc2cccc(C(F)(F)F)c2)CC1. The van der Waals surface area contributed by atoms with E-state index in [1.54, 1.807) is 23.9 Å². The third-order valence-corrected chi connectivity index (χ3v) is 4.23. The zero-order chi connectivity index (χ0) is 18.6. The average molecular weight is 354 g/mol. The Morgan fingerprint density at radius 3 is 2.40 bits per heavy atom. The molecule has 0 N–H and O–H groups in total. The number of hydrogen-bond acceptors (Lipinski definition) is 2. The van der Waals surface area contributed by atoms with Gasteiger partial charge in [-0.25, -0.2) is 0 Å². The fourth-order valence-electron chi connectivity index (χ4n) is 2.80. The second kappa shape index (κ2) is 7.72. The molecule has 0 atom stereocenters. The van der Waals surface area contributed by atoms with Crippen LogP contribution in [0.5, 0.6) is 0 Å². The molecule has 0 spiro atoms. The Morgan fingerprint density at radius 2 is 1.84 bits per heavy atom. The first kappa shape index (κ1) is 19.0. The van der Waals surface area contributed by atoms with E-state index < -0.39 is 11.7 Å². The first-order valence-corrected chi connectivity index (χ1v) is 8.04. The quantitative estimate of drug-likeness (QED) is 0.783. The van der Waals surface area contributed by atoms with Gasteiger partial charge >= 0.3 is 6.18 Å². The molecule has 1 aliphatic rings. The van der Waals surface area contributed by atoms with E-state index in [1.165, 1.54) is 24.3 Å². The van der Waals surface area contributed by atoms with Crippen molar-refractivity contribution in [3.63, 3.8) is 0 Å². The summed E-state index contributed by atoms with van der Waals surface area (Å²) in [5, 5.41) is 0. The summed E-state index contributed by atoms with van der Waals surface area (Å²) in [6, 6.07) is 4.82. The number of amides is 2. The number of halogens is 3. The highest BCUT2D eigenvalue weighted by molar-refractivity contribution is 5.92. The van der Waals surface area contributed by atoms with Gasteiger partial charge in [0.15, 0.2) is 0 Å². The lowest BCUT2D eigenvalue weighted by molar-refractivity contribution is -0.137. The third-order valence-electron chi connectivity index (χ3n) is 4.23. The highest BCUT2D eigenvalue weighted by Crippen LogP contribution is 2.29. The highest BCUT2D eigenvalue weighted by Gasteiger charge is 2.30. The van der Waals surface area contributed by atoms with Crippen molar-refractivity contribution in [3.8, 4) is 0 Å². The van der Waals surface area contributed by atoms with Gasteiger partial charge in [-0.15, -0.1) is 0 Å². The number of carbonyl (C=O) groups is 2. The minimum Gasteiger partial charge on any atom is -0.349 e. The van der Waals surface area contributed by atoms with Crippen molar-refractivity contribution in [1.29, 1.82) is 0 Å². The fraction of sp³-hybridized carbons (Fsp3) is 0.444. The lowest BCUT2D eigenvalue weighted by atomic mass is 9.95. The molecule has 25 heavy (non-hydrogen) atoms. The Morgan fingerprint density at radius 1 is 1.20 bits per heavy atom. The molecule has 2 rings (SSSR count). The standard InChI is InChI=1S/C18H21F3N2O2/c1-22(2)17(25)14-8-10-23(11-9-14)16(24)7-6-13-4-3-5-15(12-13)18(19,20)21/h3-7,12,14H,8-11H2,1-2H3. The van der Waals surface area contributed by atoms with Gasteiger partial charge in [0, 0.05) is 39.2 Å². The van der Waals surface area contributed by atoms with E-state index in [0.29, 0.717) is 31.5 Å². The zero-order valence-corrected chi connectivity index (χ0v) is 14.2. The van der Waals surface area contributed by atoms with Crippen LogP contribution in [-0.2, 0) is 15.8 Å². The molecule has 0 bridgehead atoms. The van der Waals surface area contributed by atoms with Crippen molar-refractivity contribution < 1.29 is 22.8 Å². The van der Waals surface area contributed by atoms with Gasteiger partial charge in [-0.3, -0.25) is 9.59 Å². The van der Waals surface area contributed by atoms with Crippen LogP contribution in [0.3, 0.4) is 0 Å². The minimum absolute atomic E-state index is 0.0617. The van der Waals surface area contributed by atoms with E-state index in [1.807, 2.05) is 0 Å². The molecule has 0 unspecified atom stereocenters. The summed E-state index contributed by atoms with van der Waals surface area (Å²) in [7, 11) is 3.41. The van der Waals surface area contributed by atoms with Crippen molar-refractivity contribution in [2.75, 3.05) is 27.2 Å². The summed E-state index contributed by atoms with van der Waals surface area (Å²) < 4.78 is 38.1. The Labute approximate surface area is 144 Å². The van der Waals surface area contributed by atoms with Crippen molar-refractivity contribution in [3.05, 3.63) is 41.5 Å². The number of benzene rings is 1. The fourth-order valence-corrected chi connectivity index (χ4v) is 2.80. The number of alkyl halides is 3. The Hall–Kier alpha value is -2.31. The largest absolute Gasteiger partial charge is 0.416 e. The van der Waals surface area contributed by atoms with Gasteiger partial charge in [0.05, 0.1) is 5.56 Å². The highest BCUT2D eigenvalue weighted by atomic mass is 19.4. The maximum absolute atomic E-state index is 12.7. The number of piperidine rings is 1. The van der Waals surface area contributed by atoms with Crippen molar-refractivity contribution in [1.82, 2.24) is 9.80 Å². The molecule has 1 saturated heterocycles. The molecule has 1 heterocycles. The predicted molar refractivity (Wildman–Crippen MR) is 88.5 cm³/mol. The van der Waals surface area contributed by atoms with Gasteiger partial charge in [0.25, 0.3) is 0 Å². The molecule has 2 amide bonds. The number of carbonyl (C=O) groups excluding carboxylic acids is 2. The first-order valence-electron chi connectivity index (χ1n) is 8.04.